The number of halogens is 2. The molecule has 0 atom stereocenters. The molecule has 0 fully saturated rings. The first-order chi connectivity index (χ1) is 6.65. The SMILES string of the molecule is N#CCCC(=O)c1ccc(F)c(Br)c1. The van der Waals surface area contributed by atoms with Crippen LogP contribution in [0.3, 0.4) is 0 Å². The molecular formula is C10H7BrFNO. The third-order valence-corrected chi connectivity index (χ3v) is 2.31. The second-order valence-corrected chi connectivity index (χ2v) is 3.56. The number of rotatable bonds is 3. The maximum Gasteiger partial charge on any atom is 0.163 e. The van der Waals surface area contributed by atoms with Gasteiger partial charge in [-0.15, -0.1) is 0 Å². The lowest BCUT2D eigenvalue weighted by atomic mass is 10.1. The molecule has 0 saturated carbocycles. The Morgan fingerprint density at radius 3 is 2.86 bits per heavy atom. The van der Waals surface area contributed by atoms with E-state index in [-0.39, 0.29) is 23.1 Å². The van der Waals surface area contributed by atoms with Crippen LogP contribution in [0.2, 0.25) is 0 Å². The monoisotopic (exact) mass is 255 g/mol. The predicted molar refractivity (Wildman–Crippen MR) is 53.3 cm³/mol. The molecule has 0 amide bonds. The topological polar surface area (TPSA) is 40.9 Å². The van der Waals surface area contributed by atoms with Gasteiger partial charge in [0.2, 0.25) is 0 Å². The number of carbonyl (C=O) groups is 1. The van der Waals surface area contributed by atoms with Gasteiger partial charge in [-0.2, -0.15) is 5.26 Å². The van der Waals surface area contributed by atoms with Crippen LogP contribution in [0.15, 0.2) is 22.7 Å². The summed E-state index contributed by atoms with van der Waals surface area (Å²) >= 11 is 2.99. The summed E-state index contributed by atoms with van der Waals surface area (Å²) in [6.45, 7) is 0. The van der Waals surface area contributed by atoms with Crippen molar-refractivity contribution in [2.75, 3.05) is 0 Å². The van der Waals surface area contributed by atoms with E-state index in [0.29, 0.717) is 5.56 Å². The summed E-state index contributed by atoms with van der Waals surface area (Å²) in [5.74, 6) is -0.547. The molecule has 72 valence electrons. The fourth-order valence-corrected chi connectivity index (χ4v) is 1.36. The van der Waals surface area contributed by atoms with E-state index in [9.17, 15) is 9.18 Å². The van der Waals surface area contributed by atoms with Gasteiger partial charge < -0.3 is 0 Å². The van der Waals surface area contributed by atoms with Crippen LogP contribution < -0.4 is 0 Å². The second kappa shape index (κ2) is 4.87. The first-order valence-corrected chi connectivity index (χ1v) is 4.79. The van der Waals surface area contributed by atoms with Crippen LogP contribution in [0, 0.1) is 17.1 Å². The normalized spacial score (nSPS) is 9.50. The van der Waals surface area contributed by atoms with Crippen molar-refractivity contribution >= 4 is 21.7 Å². The number of hydrogen-bond acceptors (Lipinski definition) is 2. The van der Waals surface area contributed by atoms with Crippen LogP contribution in [0.1, 0.15) is 23.2 Å². The summed E-state index contributed by atoms with van der Waals surface area (Å²) in [6.07, 6.45) is 0.363. The highest BCUT2D eigenvalue weighted by molar-refractivity contribution is 9.10. The van der Waals surface area contributed by atoms with Crippen LogP contribution in [-0.4, -0.2) is 5.78 Å². The van der Waals surface area contributed by atoms with Crippen LogP contribution in [-0.2, 0) is 0 Å². The second-order valence-electron chi connectivity index (χ2n) is 2.71. The van der Waals surface area contributed by atoms with Gasteiger partial charge in [0, 0.05) is 18.4 Å². The van der Waals surface area contributed by atoms with Gasteiger partial charge in [-0.25, -0.2) is 4.39 Å². The molecule has 0 heterocycles. The molecule has 0 radical (unpaired) electrons. The molecule has 0 aliphatic carbocycles. The molecule has 0 aliphatic heterocycles. The van der Waals surface area contributed by atoms with Crippen LogP contribution in [0.4, 0.5) is 4.39 Å². The number of benzene rings is 1. The number of hydrogen-bond donors (Lipinski definition) is 0. The molecule has 1 aromatic carbocycles. The van der Waals surface area contributed by atoms with E-state index < -0.39 is 5.82 Å². The first kappa shape index (κ1) is 10.9. The van der Waals surface area contributed by atoms with E-state index >= 15 is 0 Å². The predicted octanol–water partition coefficient (Wildman–Crippen LogP) is 3.07. The van der Waals surface area contributed by atoms with Crippen molar-refractivity contribution in [3.05, 3.63) is 34.1 Å². The molecule has 2 nitrogen and oxygen atoms in total. The summed E-state index contributed by atoms with van der Waals surface area (Å²) in [7, 11) is 0. The van der Waals surface area contributed by atoms with E-state index in [0.717, 1.165) is 0 Å². The van der Waals surface area contributed by atoms with Gasteiger partial charge in [-0.3, -0.25) is 4.79 Å². The first-order valence-electron chi connectivity index (χ1n) is 4.00. The molecule has 0 saturated heterocycles. The molecule has 0 aliphatic rings. The smallest absolute Gasteiger partial charge is 0.163 e. The highest BCUT2D eigenvalue weighted by Gasteiger charge is 2.07. The zero-order valence-corrected chi connectivity index (χ0v) is 8.84. The van der Waals surface area contributed by atoms with Crippen LogP contribution in [0.25, 0.3) is 0 Å². The molecule has 0 bridgehead atoms. The Kier molecular flexibility index (Phi) is 3.78. The van der Waals surface area contributed by atoms with Gasteiger partial charge in [0.25, 0.3) is 0 Å². The van der Waals surface area contributed by atoms with E-state index in [1.807, 2.05) is 6.07 Å². The third-order valence-electron chi connectivity index (χ3n) is 1.71. The van der Waals surface area contributed by atoms with Gasteiger partial charge in [0.1, 0.15) is 5.82 Å². The number of nitrogens with zero attached hydrogens (tertiary/aromatic N) is 1. The molecule has 0 unspecified atom stereocenters. The highest BCUT2D eigenvalue weighted by Crippen LogP contribution is 2.18. The van der Waals surface area contributed by atoms with E-state index in [1.54, 1.807) is 0 Å². The summed E-state index contributed by atoms with van der Waals surface area (Å²) < 4.78 is 13.1. The minimum absolute atomic E-state index is 0.146. The lowest BCUT2D eigenvalue weighted by molar-refractivity contribution is 0.0984. The quantitative estimate of drug-likeness (QED) is 0.779. The van der Waals surface area contributed by atoms with Crippen molar-refractivity contribution in [1.29, 1.82) is 5.26 Å². The Balaban J connectivity index is 2.82. The Morgan fingerprint density at radius 1 is 1.57 bits per heavy atom. The average Bonchev–Trinajstić information content (AvgIpc) is 2.18. The summed E-state index contributed by atoms with van der Waals surface area (Å²) in [5.41, 5.74) is 0.425. The zero-order chi connectivity index (χ0) is 10.6. The Hall–Kier alpha value is -1.21. The molecule has 0 aromatic heterocycles. The minimum atomic E-state index is -0.401. The molecule has 1 aromatic rings. The number of carbonyl (C=O) groups excluding carboxylic acids is 1. The Bertz CT molecular complexity index is 398. The third kappa shape index (κ3) is 2.64. The van der Waals surface area contributed by atoms with Crippen molar-refractivity contribution in [3.8, 4) is 6.07 Å². The largest absolute Gasteiger partial charge is 0.294 e. The fourth-order valence-electron chi connectivity index (χ4n) is 0.983. The lowest BCUT2D eigenvalue weighted by Crippen LogP contribution is -1.98. The Morgan fingerprint density at radius 2 is 2.29 bits per heavy atom. The van der Waals surface area contributed by atoms with Crippen LogP contribution in [0.5, 0.6) is 0 Å². The maximum atomic E-state index is 12.8. The van der Waals surface area contributed by atoms with Crippen molar-refractivity contribution < 1.29 is 9.18 Å². The van der Waals surface area contributed by atoms with E-state index in [4.69, 9.17) is 5.26 Å². The summed E-state index contributed by atoms with van der Waals surface area (Å²) in [4.78, 5) is 11.4. The number of nitriles is 1. The average molecular weight is 256 g/mol. The summed E-state index contributed by atoms with van der Waals surface area (Å²) in [5, 5.41) is 8.29. The Labute approximate surface area is 89.5 Å². The van der Waals surface area contributed by atoms with Crippen molar-refractivity contribution in [1.82, 2.24) is 0 Å². The van der Waals surface area contributed by atoms with Crippen molar-refractivity contribution in [3.63, 3.8) is 0 Å². The molecule has 1 rings (SSSR count). The van der Waals surface area contributed by atoms with Gasteiger partial charge in [-0.05, 0) is 34.1 Å². The summed E-state index contributed by atoms with van der Waals surface area (Å²) in [6, 6.07) is 5.96. The van der Waals surface area contributed by atoms with E-state index in [1.165, 1.54) is 18.2 Å². The van der Waals surface area contributed by atoms with Crippen molar-refractivity contribution in [2.45, 2.75) is 12.8 Å². The van der Waals surface area contributed by atoms with E-state index in [2.05, 4.69) is 15.9 Å². The maximum absolute atomic E-state index is 12.8. The number of Topliss-reactive ketones (excluding diaryl/α,β-unsaturated/α-hetero) is 1. The minimum Gasteiger partial charge on any atom is -0.294 e. The number of ketones is 1. The van der Waals surface area contributed by atoms with Crippen molar-refractivity contribution in [2.24, 2.45) is 0 Å². The zero-order valence-electron chi connectivity index (χ0n) is 7.26. The van der Waals surface area contributed by atoms with Gasteiger partial charge in [0.15, 0.2) is 5.78 Å². The van der Waals surface area contributed by atoms with Gasteiger partial charge in [-0.1, -0.05) is 0 Å². The molecule has 14 heavy (non-hydrogen) atoms. The standard InChI is InChI=1S/C10H7BrFNO/c11-8-6-7(3-4-9(8)12)10(14)2-1-5-13/h3-4,6H,1-2H2. The van der Waals surface area contributed by atoms with Gasteiger partial charge in [0.05, 0.1) is 10.5 Å². The molecular weight excluding hydrogens is 249 g/mol. The molecule has 0 spiro atoms. The van der Waals surface area contributed by atoms with Gasteiger partial charge >= 0.3 is 0 Å². The fraction of sp³-hybridized carbons (Fsp3) is 0.200. The lowest BCUT2D eigenvalue weighted by Gasteiger charge is -1.99. The highest BCUT2D eigenvalue weighted by atomic mass is 79.9. The molecule has 0 N–H and O–H groups in total. The molecule has 4 heteroatoms. The van der Waals surface area contributed by atoms with Crippen LogP contribution >= 0.6 is 15.9 Å².